The molecule has 2 rings (SSSR count). The van der Waals surface area contributed by atoms with Gasteiger partial charge in [0.2, 0.25) is 0 Å². The first-order valence-corrected chi connectivity index (χ1v) is 6.28. The first-order valence-electron chi connectivity index (χ1n) is 5.40. The van der Waals surface area contributed by atoms with Crippen LogP contribution >= 0.6 is 11.3 Å². The SMILES string of the molecule is Cc1ncsc1CCn1ccc(=O)c(C(=O)O)c1. The highest BCUT2D eigenvalue weighted by atomic mass is 32.1. The fourth-order valence-electron chi connectivity index (χ4n) is 1.62. The van der Waals surface area contributed by atoms with Crippen molar-refractivity contribution in [1.29, 1.82) is 0 Å². The fourth-order valence-corrected chi connectivity index (χ4v) is 2.39. The van der Waals surface area contributed by atoms with E-state index in [0.29, 0.717) is 6.54 Å². The zero-order valence-electron chi connectivity index (χ0n) is 9.79. The number of thiazole rings is 1. The summed E-state index contributed by atoms with van der Waals surface area (Å²) in [7, 11) is 0. The summed E-state index contributed by atoms with van der Waals surface area (Å²) in [6.07, 6.45) is 3.75. The number of rotatable bonds is 4. The molecule has 5 nitrogen and oxygen atoms in total. The van der Waals surface area contributed by atoms with E-state index >= 15 is 0 Å². The van der Waals surface area contributed by atoms with E-state index in [2.05, 4.69) is 4.98 Å². The Bertz CT molecular complexity index is 630. The first kappa shape index (κ1) is 12.5. The standard InChI is InChI=1S/C12H12N2O3S/c1-8-11(18-7-13-8)3-5-14-4-2-10(15)9(6-14)12(16)17/h2,4,6-7H,3,5H2,1H3,(H,16,17). The number of carboxylic acids is 1. The predicted molar refractivity (Wildman–Crippen MR) is 68.2 cm³/mol. The topological polar surface area (TPSA) is 72.2 Å². The fraction of sp³-hybridized carbons (Fsp3) is 0.250. The molecule has 0 aliphatic carbocycles. The van der Waals surface area contributed by atoms with Crippen molar-refractivity contribution in [1.82, 2.24) is 9.55 Å². The van der Waals surface area contributed by atoms with Crippen molar-refractivity contribution in [2.45, 2.75) is 19.9 Å². The minimum Gasteiger partial charge on any atom is -0.477 e. The molecule has 1 N–H and O–H groups in total. The molecule has 18 heavy (non-hydrogen) atoms. The maximum atomic E-state index is 11.3. The zero-order valence-corrected chi connectivity index (χ0v) is 10.6. The summed E-state index contributed by atoms with van der Waals surface area (Å²) in [6.45, 7) is 2.57. The largest absolute Gasteiger partial charge is 0.477 e. The van der Waals surface area contributed by atoms with Gasteiger partial charge < -0.3 is 9.67 Å². The van der Waals surface area contributed by atoms with Crippen LogP contribution in [0.1, 0.15) is 20.9 Å². The summed E-state index contributed by atoms with van der Waals surface area (Å²) in [5, 5.41) is 8.87. The van der Waals surface area contributed by atoms with Crippen molar-refractivity contribution in [3.63, 3.8) is 0 Å². The molecular weight excluding hydrogens is 252 g/mol. The molecule has 0 aromatic carbocycles. The number of pyridine rings is 1. The van der Waals surface area contributed by atoms with E-state index in [0.717, 1.165) is 12.1 Å². The number of aromatic carboxylic acids is 1. The third kappa shape index (κ3) is 2.65. The van der Waals surface area contributed by atoms with Crippen LogP contribution in [0.15, 0.2) is 28.8 Å². The molecule has 2 aromatic rings. The average molecular weight is 264 g/mol. The Morgan fingerprint density at radius 2 is 2.33 bits per heavy atom. The van der Waals surface area contributed by atoms with Crippen molar-refractivity contribution in [3.05, 3.63) is 50.3 Å². The molecule has 0 unspecified atom stereocenters. The summed E-state index contributed by atoms with van der Waals surface area (Å²) in [4.78, 5) is 27.5. The van der Waals surface area contributed by atoms with Crippen LogP contribution in [-0.4, -0.2) is 20.6 Å². The second kappa shape index (κ2) is 5.14. The van der Waals surface area contributed by atoms with Gasteiger partial charge in [-0.1, -0.05) is 0 Å². The number of aryl methyl sites for hydroxylation is 3. The van der Waals surface area contributed by atoms with Crippen LogP contribution in [0.4, 0.5) is 0 Å². The molecule has 2 heterocycles. The van der Waals surface area contributed by atoms with Gasteiger partial charge in [-0.3, -0.25) is 4.79 Å². The Morgan fingerprint density at radius 1 is 1.56 bits per heavy atom. The third-order valence-corrected chi connectivity index (χ3v) is 3.64. The van der Waals surface area contributed by atoms with Gasteiger partial charge in [-0.15, -0.1) is 11.3 Å². The van der Waals surface area contributed by atoms with Gasteiger partial charge in [0.1, 0.15) is 5.56 Å². The minimum absolute atomic E-state index is 0.196. The number of carbonyl (C=O) groups is 1. The lowest BCUT2D eigenvalue weighted by Crippen LogP contribution is -2.17. The first-order chi connectivity index (χ1) is 8.58. The van der Waals surface area contributed by atoms with Crippen LogP contribution in [0.2, 0.25) is 0 Å². The smallest absolute Gasteiger partial charge is 0.341 e. The quantitative estimate of drug-likeness (QED) is 0.909. The van der Waals surface area contributed by atoms with E-state index in [1.807, 2.05) is 6.92 Å². The highest BCUT2D eigenvalue weighted by Gasteiger charge is 2.08. The third-order valence-electron chi connectivity index (χ3n) is 2.65. The molecule has 0 saturated heterocycles. The molecule has 0 atom stereocenters. The molecule has 94 valence electrons. The number of hydrogen-bond acceptors (Lipinski definition) is 4. The minimum atomic E-state index is -1.19. The van der Waals surface area contributed by atoms with Gasteiger partial charge in [0.05, 0.1) is 11.2 Å². The Labute approximate surface area is 107 Å². The van der Waals surface area contributed by atoms with Crippen molar-refractivity contribution in [2.24, 2.45) is 0 Å². The summed E-state index contributed by atoms with van der Waals surface area (Å²) < 4.78 is 1.71. The van der Waals surface area contributed by atoms with E-state index in [1.165, 1.54) is 17.1 Å². The lowest BCUT2D eigenvalue weighted by Gasteiger charge is -2.06. The lowest BCUT2D eigenvalue weighted by atomic mass is 10.2. The normalized spacial score (nSPS) is 10.5. The highest BCUT2D eigenvalue weighted by molar-refractivity contribution is 7.09. The molecule has 0 amide bonds. The van der Waals surface area contributed by atoms with Gasteiger partial charge in [0, 0.05) is 36.3 Å². The molecule has 0 aliphatic heterocycles. The number of carboxylic acid groups (broad SMARTS) is 1. The Kier molecular flexibility index (Phi) is 3.57. The van der Waals surface area contributed by atoms with E-state index in [1.54, 1.807) is 27.6 Å². The second-order valence-corrected chi connectivity index (χ2v) is 4.82. The van der Waals surface area contributed by atoms with E-state index in [9.17, 15) is 9.59 Å². The summed E-state index contributed by atoms with van der Waals surface area (Å²) in [5.74, 6) is -1.19. The second-order valence-electron chi connectivity index (χ2n) is 3.88. The number of nitrogens with zero attached hydrogens (tertiary/aromatic N) is 2. The maximum absolute atomic E-state index is 11.3. The summed E-state index contributed by atoms with van der Waals surface area (Å²) in [5.41, 5.74) is 2.13. The summed E-state index contributed by atoms with van der Waals surface area (Å²) in [6, 6.07) is 1.28. The van der Waals surface area contributed by atoms with Crippen LogP contribution in [0.5, 0.6) is 0 Å². The molecule has 2 aromatic heterocycles. The van der Waals surface area contributed by atoms with Gasteiger partial charge in [0.25, 0.3) is 0 Å². The molecule has 0 bridgehead atoms. The van der Waals surface area contributed by atoms with Crippen LogP contribution in [0.3, 0.4) is 0 Å². The molecule has 0 aliphatic rings. The molecule has 0 saturated carbocycles. The molecular formula is C12H12N2O3S. The summed E-state index contributed by atoms with van der Waals surface area (Å²) >= 11 is 1.58. The molecule has 0 radical (unpaired) electrons. The molecule has 0 spiro atoms. The molecule has 6 heteroatoms. The van der Waals surface area contributed by atoms with Gasteiger partial charge >= 0.3 is 5.97 Å². The van der Waals surface area contributed by atoms with Crippen molar-refractivity contribution in [3.8, 4) is 0 Å². The van der Waals surface area contributed by atoms with Gasteiger partial charge in [-0.2, -0.15) is 0 Å². The zero-order chi connectivity index (χ0) is 13.1. The van der Waals surface area contributed by atoms with Crippen LogP contribution < -0.4 is 5.43 Å². The van der Waals surface area contributed by atoms with Gasteiger partial charge in [0.15, 0.2) is 5.43 Å². The van der Waals surface area contributed by atoms with Crippen molar-refractivity contribution >= 4 is 17.3 Å². The maximum Gasteiger partial charge on any atom is 0.341 e. The van der Waals surface area contributed by atoms with E-state index in [4.69, 9.17) is 5.11 Å². The number of aromatic nitrogens is 2. The van der Waals surface area contributed by atoms with Gasteiger partial charge in [-0.05, 0) is 6.92 Å². The Balaban J connectivity index is 2.15. The monoisotopic (exact) mass is 264 g/mol. The van der Waals surface area contributed by atoms with E-state index in [-0.39, 0.29) is 5.56 Å². The van der Waals surface area contributed by atoms with Crippen LogP contribution in [0.25, 0.3) is 0 Å². The van der Waals surface area contributed by atoms with Crippen molar-refractivity contribution < 1.29 is 9.90 Å². The van der Waals surface area contributed by atoms with Crippen LogP contribution in [0, 0.1) is 6.92 Å². The van der Waals surface area contributed by atoms with Crippen molar-refractivity contribution in [2.75, 3.05) is 0 Å². The molecule has 0 fully saturated rings. The average Bonchev–Trinajstić information content (AvgIpc) is 2.73. The highest BCUT2D eigenvalue weighted by Crippen LogP contribution is 2.13. The lowest BCUT2D eigenvalue weighted by molar-refractivity contribution is 0.0694. The van der Waals surface area contributed by atoms with E-state index < -0.39 is 11.4 Å². The predicted octanol–water partition coefficient (Wildman–Crippen LogP) is 1.55. The van der Waals surface area contributed by atoms with Crippen LogP contribution in [-0.2, 0) is 13.0 Å². The van der Waals surface area contributed by atoms with Gasteiger partial charge in [-0.25, -0.2) is 9.78 Å². The Hall–Kier alpha value is -1.95. The number of hydrogen-bond donors (Lipinski definition) is 1. The Morgan fingerprint density at radius 3 is 2.94 bits per heavy atom.